The largest absolute Gasteiger partial charge is 0.366 e. The second-order valence-corrected chi connectivity index (χ2v) is 4.63. The van der Waals surface area contributed by atoms with E-state index >= 15 is 0 Å². The third-order valence-electron chi connectivity index (χ3n) is 3.17. The van der Waals surface area contributed by atoms with E-state index in [4.69, 9.17) is 5.73 Å². The van der Waals surface area contributed by atoms with Gasteiger partial charge in [-0.3, -0.25) is 19.6 Å². The zero-order valence-corrected chi connectivity index (χ0v) is 11.5. The average Bonchev–Trinajstić information content (AvgIpc) is 2.54. The molecule has 0 aliphatic carbocycles. The van der Waals surface area contributed by atoms with Crippen molar-refractivity contribution in [2.45, 2.75) is 0 Å². The van der Waals surface area contributed by atoms with Crippen LogP contribution in [-0.2, 0) is 0 Å². The third-order valence-corrected chi connectivity index (χ3v) is 3.17. The van der Waals surface area contributed by atoms with Crippen LogP contribution in [0, 0.1) is 0 Å². The van der Waals surface area contributed by atoms with E-state index in [1.807, 2.05) is 0 Å². The molecular weight excluding hydrogens is 280 g/mol. The van der Waals surface area contributed by atoms with Gasteiger partial charge in [0.15, 0.2) is 0 Å². The van der Waals surface area contributed by atoms with Crippen molar-refractivity contribution in [3.05, 3.63) is 66.0 Å². The molecule has 1 aromatic heterocycles. The number of amides is 2. The molecule has 0 spiro atoms. The Kier molecular flexibility index (Phi) is 3.49. The van der Waals surface area contributed by atoms with Crippen LogP contribution in [0.15, 0.2) is 54.9 Å². The molecule has 0 fully saturated rings. The van der Waals surface area contributed by atoms with Crippen molar-refractivity contribution in [2.24, 2.45) is 5.73 Å². The minimum absolute atomic E-state index is 0.294. The molecule has 0 saturated heterocycles. The van der Waals surface area contributed by atoms with Crippen LogP contribution in [0.3, 0.4) is 0 Å². The zero-order valence-electron chi connectivity index (χ0n) is 11.5. The lowest BCUT2D eigenvalue weighted by molar-refractivity contribution is 0.0998. The molecule has 0 radical (unpaired) electrons. The lowest BCUT2D eigenvalue weighted by Gasteiger charge is -2.07. The Hall–Kier alpha value is -3.28. The summed E-state index contributed by atoms with van der Waals surface area (Å²) in [6.07, 6.45) is 3.12. The molecule has 2 aromatic carbocycles. The van der Waals surface area contributed by atoms with Crippen LogP contribution >= 0.6 is 0 Å². The number of nitrogens with one attached hydrogen (secondary N) is 1. The Labute approximate surface area is 126 Å². The van der Waals surface area contributed by atoms with Crippen molar-refractivity contribution >= 4 is 28.5 Å². The molecule has 0 unspecified atom stereocenters. The summed E-state index contributed by atoms with van der Waals surface area (Å²) in [6.45, 7) is 0. The van der Waals surface area contributed by atoms with Crippen molar-refractivity contribution in [1.29, 1.82) is 0 Å². The first-order chi connectivity index (χ1) is 10.6. The van der Waals surface area contributed by atoms with Gasteiger partial charge >= 0.3 is 0 Å². The molecule has 6 nitrogen and oxygen atoms in total. The summed E-state index contributed by atoms with van der Waals surface area (Å²) in [4.78, 5) is 31.8. The van der Waals surface area contributed by atoms with E-state index in [1.54, 1.807) is 54.9 Å². The number of benzene rings is 2. The zero-order chi connectivity index (χ0) is 15.5. The van der Waals surface area contributed by atoms with Crippen molar-refractivity contribution in [2.75, 3.05) is 5.32 Å². The molecule has 1 heterocycles. The van der Waals surface area contributed by atoms with Crippen LogP contribution in [-0.4, -0.2) is 21.8 Å². The molecule has 108 valence electrons. The first-order valence-electron chi connectivity index (χ1n) is 6.56. The molecule has 3 N–H and O–H groups in total. The van der Waals surface area contributed by atoms with Crippen LogP contribution in [0.5, 0.6) is 0 Å². The Balaban J connectivity index is 1.89. The van der Waals surface area contributed by atoms with E-state index in [9.17, 15) is 9.59 Å². The van der Waals surface area contributed by atoms with Crippen LogP contribution < -0.4 is 11.1 Å². The van der Waals surface area contributed by atoms with Crippen molar-refractivity contribution < 1.29 is 9.59 Å². The molecular formula is C16H12N4O2. The molecule has 3 aromatic rings. The summed E-state index contributed by atoms with van der Waals surface area (Å²) in [5.74, 6) is -0.805. The van der Waals surface area contributed by atoms with Gasteiger partial charge in [-0.2, -0.15) is 0 Å². The van der Waals surface area contributed by atoms with Crippen LogP contribution in [0.25, 0.3) is 11.0 Å². The third kappa shape index (κ3) is 2.62. The Bertz CT molecular complexity index is 854. The summed E-state index contributed by atoms with van der Waals surface area (Å²) in [5, 5.41) is 2.76. The van der Waals surface area contributed by atoms with Gasteiger partial charge in [0.25, 0.3) is 5.91 Å². The van der Waals surface area contributed by atoms with E-state index < -0.39 is 5.91 Å². The van der Waals surface area contributed by atoms with Gasteiger partial charge < -0.3 is 11.1 Å². The Morgan fingerprint density at radius 1 is 0.955 bits per heavy atom. The van der Waals surface area contributed by atoms with E-state index in [1.165, 1.54) is 0 Å². The number of para-hydroxylation sites is 1. The minimum atomic E-state index is -0.512. The van der Waals surface area contributed by atoms with Gasteiger partial charge in [0.1, 0.15) is 5.52 Å². The smallest absolute Gasteiger partial charge is 0.257 e. The fourth-order valence-electron chi connectivity index (χ4n) is 2.09. The number of rotatable bonds is 3. The summed E-state index contributed by atoms with van der Waals surface area (Å²) >= 11 is 0. The highest BCUT2D eigenvalue weighted by Crippen LogP contribution is 2.16. The van der Waals surface area contributed by atoms with Gasteiger partial charge in [-0.05, 0) is 36.4 Å². The predicted molar refractivity (Wildman–Crippen MR) is 82.5 cm³/mol. The second kappa shape index (κ2) is 5.61. The number of primary amides is 1. The normalized spacial score (nSPS) is 10.4. The molecule has 3 rings (SSSR count). The average molecular weight is 292 g/mol. The van der Waals surface area contributed by atoms with Gasteiger partial charge in [-0.25, -0.2) is 0 Å². The highest BCUT2D eigenvalue weighted by atomic mass is 16.2. The van der Waals surface area contributed by atoms with Gasteiger partial charge in [0, 0.05) is 23.6 Å². The highest BCUT2D eigenvalue weighted by Gasteiger charge is 2.11. The SMILES string of the molecule is NC(=O)c1ccc(NC(=O)c2cccc3nccnc23)cc1. The van der Waals surface area contributed by atoms with Gasteiger partial charge in [0.2, 0.25) is 5.91 Å². The lowest BCUT2D eigenvalue weighted by Crippen LogP contribution is -2.14. The Morgan fingerprint density at radius 2 is 1.68 bits per heavy atom. The van der Waals surface area contributed by atoms with Gasteiger partial charge in [-0.1, -0.05) is 6.07 Å². The lowest BCUT2D eigenvalue weighted by atomic mass is 10.1. The van der Waals surface area contributed by atoms with Crippen LogP contribution in [0.4, 0.5) is 5.69 Å². The summed E-state index contributed by atoms with van der Waals surface area (Å²) in [7, 11) is 0. The number of carbonyl (C=O) groups is 2. The Morgan fingerprint density at radius 3 is 2.41 bits per heavy atom. The van der Waals surface area contributed by atoms with Gasteiger partial charge in [-0.15, -0.1) is 0 Å². The number of aromatic nitrogens is 2. The molecule has 0 atom stereocenters. The van der Waals surface area contributed by atoms with Crippen molar-refractivity contribution in [3.63, 3.8) is 0 Å². The number of carbonyl (C=O) groups excluding carboxylic acids is 2. The summed E-state index contributed by atoms with van der Waals surface area (Å²) in [6, 6.07) is 11.6. The van der Waals surface area contributed by atoms with Crippen LogP contribution in [0.2, 0.25) is 0 Å². The van der Waals surface area contributed by atoms with E-state index in [0.29, 0.717) is 27.8 Å². The maximum Gasteiger partial charge on any atom is 0.257 e. The van der Waals surface area contributed by atoms with E-state index in [-0.39, 0.29) is 5.91 Å². The monoisotopic (exact) mass is 292 g/mol. The first kappa shape index (κ1) is 13.7. The molecule has 22 heavy (non-hydrogen) atoms. The van der Waals surface area contributed by atoms with Crippen molar-refractivity contribution in [3.8, 4) is 0 Å². The number of hydrogen-bond acceptors (Lipinski definition) is 4. The highest BCUT2D eigenvalue weighted by molar-refractivity contribution is 6.11. The number of fused-ring (bicyclic) bond motifs is 1. The topological polar surface area (TPSA) is 98.0 Å². The first-order valence-corrected chi connectivity index (χ1v) is 6.56. The number of nitrogens with two attached hydrogens (primary N) is 1. The maximum atomic E-state index is 12.4. The molecule has 0 saturated carbocycles. The molecule has 6 heteroatoms. The minimum Gasteiger partial charge on any atom is -0.366 e. The molecule has 0 aliphatic rings. The maximum absolute atomic E-state index is 12.4. The van der Waals surface area contributed by atoms with Crippen LogP contribution in [0.1, 0.15) is 20.7 Å². The summed E-state index contributed by atoms with van der Waals surface area (Å²) < 4.78 is 0. The van der Waals surface area contributed by atoms with E-state index in [0.717, 1.165) is 0 Å². The van der Waals surface area contributed by atoms with Gasteiger partial charge in [0.05, 0.1) is 11.1 Å². The second-order valence-electron chi connectivity index (χ2n) is 4.63. The molecule has 0 bridgehead atoms. The predicted octanol–water partition coefficient (Wildman–Crippen LogP) is 1.98. The molecule has 0 aliphatic heterocycles. The number of anilines is 1. The fraction of sp³-hybridized carbons (Fsp3) is 0. The fourth-order valence-corrected chi connectivity index (χ4v) is 2.09. The van der Waals surface area contributed by atoms with Crippen molar-refractivity contribution in [1.82, 2.24) is 9.97 Å². The number of nitrogens with zero attached hydrogens (tertiary/aromatic N) is 2. The standard InChI is InChI=1S/C16H12N4O2/c17-15(21)10-4-6-11(7-5-10)20-16(22)12-2-1-3-13-14(12)19-9-8-18-13/h1-9H,(H2,17,21)(H,20,22). The van der Waals surface area contributed by atoms with E-state index in [2.05, 4.69) is 15.3 Å². The summed E-state index contributed by atoms with van der Waals surface area (Å²) in [5.41, 5.74) is 7.75. The quantitative estimate of drug-likeness (QED) is 0.771. The molecule has 2 amide bonds. The number of hydrogen-bond donors (Lipinski definition) is 2.